The summed E-state index contributed by atoms with van der Waals surface area (Å²) in [4.78, 5) is 0. The first-order valence-electron chi connectivity index (χ1n) is 7.46. The largest absolute Gasteiger partial charge is 0.387 e. The van der Waals surface area contributed by atoms with E-state index in [4.69, 9.17) is 4.74 Å². The van der Waals surface area contributed by atoms with Gasteiger partial charge in [0, 0.05) is 0 Å². The molecule has 2 bridgehead atoms. The molecule has 2 fully saturated rings. The lowest BCUT2D eigenvalue weighted by Crippen LogP contribution is -2.37. The summed E-state index contributed by atoms with van der Waals surface area (Å²) in [6, 6.07) is 16.4. The molecule has 3 heteroatoms. The monoisotopic (exact) mass is 279 g/mol. The van der Waals surface area contributed by atoms with Crippen molar-refractivity contribution in [3.05, 3.63) is 48.0 Å². The van der Waals surface area contributed by atoms with Crippen molar-refractivity contribution in [3.8, 4) is 6.07 Å². The number of hydrogen-bond acceptors (Lipinski definition) is 3. The van der Waals surface area contributed by atoms with Crippen LogP contribution < -0.4 is 0 Å². The van der Waals surface area contributed by atoms with Gasteiger partial charge in [-0.25, -0.2) is 0 Å². The molecule has 0 radical (unpaired) electrons. The molecule has 4 atom stereocenters. The highest BCUT2D eigenvalue weighted by atomic mass is 16.5. The highest BCUT2D eigenvalue weighted by Crippen LogP contribution is 2.53. The number of fused-ring (bicyclic) bond motifs is 3. The van der Waals surface area contributed by atoms with E-state index in [0.29, 0.717) is 6.42 Å². The van der Waals surface area contributed by atoms with Gasteiger partial charge in [0.15, 0.2) is 0 Å². The van der Waals surface area contributed by atoms with Gasteiger partial charge in [-0.15, -0.1) is 0 Å². The number of aliphatic hydroxyl groups excluding tert-OH is 1. The maximum absolute atomic E-state index is 10.8. The van der Waals surface area contributed by atoms with Crippen molar-refractivity contribution in [2.24, 2.45) is 5.41 Å². The Bertz CT molecular complexity index is 735. The number of nitrogens with zero attached hydrogens (tertiary/aromatic N) is 1. The first kappa shape index (κ1) is 12.8. The van der Waals surface area contributed by atoms with E-state index in [9.17, 15) is 10.4 Å². The Morgan fingerprint density at radius 1 is 1.19 bits per heavy atom. The second-order valence-electron chi connectivity index (χ2n) is 6.19. The SMILES string of the molecule is N#CC1(C(O)c2ccc3ccccc3c2)CC2CCC1O2. The minimum Gasteiger partial charge on any atom is -0.387 e. The van der Waals surface area contributed by atoms with Crippen LogP contribution in [-0.4, -0.2) is 17.3 Å². The minimum absolute atomic E-state index is 0.131. The molecule has 0 saturated carbocycles. The average Bonchev–Trinajstić information content (AvgIpc) is 3.15. The van der Waals surface area contributed by atoms with Crippen LogP contribution in [0.4, 0.5) is 0 Å². The van der Waals surface area contributed by atoms with Crippen LogP contribution in [0.3, 0.4) is 0 Å². The lowest BCUT2D eigenvalue weighted by Gasteiger charge is -2.33. The van der Waals surface area contributed by atoms with E-state index in [1.165, 1.54) is 0 Å². The first-order valence-corrected chi connectivity index (χ1v) is 7.46. The molecular formula is C18H17NO2. The molecular weight excluding hydrogens is 262 g/mol. The molecule has 4 rings (SSSR count). The molecule has 0 amide bonds. The number of rotatable bonds is 2. The van der Waals surface area contributed by atoms with Crippen molar-refractivity contribution in [2.75, 3.05) is 0 Å². The Morgan fingerprint density at radius 3 is 2.67 bits per heavy atom. The molecule has 0 aromatic heterocycles. The van der Waals surface area contributed by atoms with Crippen LogP contribution in [0.5, 0.6) is 0 Å². The Kier molecular flexibility index (Phi) is 2.78. The second-order valence-corrected chi connectivity index (χ2v) is 6.19. The number of benzene rings is 2. The van der Waals surface area contributed by atoms with E-state index < -0.39 is 11.5 Å². The Labute approximate surface area is 123 Å². The van der Waals surface area contributed by atoms with Crippen LogP contribution in [0.15, 0.2) is 42.5 Å². The Morgan fingerprint density at radius 2 is 2.00 bits per heavy atom. The van der Waals surface area contributed by atoms with Crippen LogP contribution in [0, 0.1) is 16.7 Å². The molecule has 3 nitrogen and oxygen atoms in total. The van der Waals surface area contributed by atoms with Gasteiger partial charge in [0.1, 0.15) is 11.5 Å². The van der Waals surface area contributed by atoms with Crippen LogP contribution in [-0.2, 0) is 4.74 Å². The third-order valence-electron chi connectivity index (χ3n) is 5.03. The predicted molar refractivity (Wildman–Crippen MR) is 79.5 cm³/mol. The molecule has 2 aromatic carbocycles. The normalized spacial score (nSPS) is 32.2. The maximum Gasteiger partial charge on any atom is 0.116 e. The second kappa shape index (κ2) is 4.56. The van der Waals surface area contributed by atoms with E-state index in [1.807, 2.05) is 42.5 Å². The van der Waals surface area contributed by atoms with Gasteiger partial charge in [0.25, 0.3) is 0 Å². The van der Waals surface area contributed by atoms with Gasteiger partial charge in [-0.05, 0) is 41.7 Å². The van der Waals surface area contributed by atoms with Gasteiger partial charge >= 0.3 is 0 Å². The van der Waals surface area contributed by atoms with Crippen molar-refractivity contribution in [1.29, 1.82) is 5.26 Å². The van der Waals surface area contributed by atoms with E-state index in [2.05, 4.69) is 6.07 Å². The zero-order valence-electron chi connectivity index (χ0n) is 11.7. The standard InChI is InChI=1S/C18H17NO2/c19-11-18(10-15-7-8-16(18)21-15)17(20)14-6-5-12-3-1-2-4-13(12)9-14/h1-6,9,15-17,20H,7-8,10H2. The summed E-state index contributed by atoms with van der Waals surface area (Å²) in [5.74, 6) is 0. The smallest absolute Gasteiger partial charge is 0.116 e. The van der Waals surface area contributed by atoms with Crippen molar-refractivity contribution >= 4 is 10.8 Å². The Balaban J connectivity index is 1.75. The third kappa shape index (κ3) is 1.80. The zero-order valence-corrected chi connectivity index (χ0v) is 11.7. The van der Waals surface area contributed by atoms with Gasteiger partial charge in [-0.2, -0.15) is 5.26 Å². The average molecular weight is 279 g/mol. The molecule has 0 aliphatic carbocycles. The van der Waals surface area contributed by atoms with Crippen LogP contribution in [0.2, 0.25) is 0 Å². The van der Waals surface area contributed by atoms with Gasteiger partial charge in [0.2, 0.25) is 0 Å². The van der Waals surface area contributed by atoms with E-state index in [0.717, 1.165) is 29.2 Å². The van der Waals surface area contributed by atoms with E-state index >= 15 is 0 Å². The number of ether oxygens (including phenoxy) is 1. The van der Waals surface area contributed by atoms with Crippen LogP contribution in [0.25, 0.3) is 10.8 Å². The zero-order chi connectivity index (χ0) is 14.4. The van der Waals surface area contributed by atoms with E-state index in [-0.39, 0.29) is 12.2 Å². The molecule has 2 aromatic rings. The first-order chi connectivity index (χ1) is 10.2. The van der Waals surface area contributed by atoms with E-state index in [1.54, 1.807) is 0 Å². The summed E-state index contributed by atoms with van der Waals surface area (Å²) in [5.41, 5.74) is 0.0251. The summed E-state index contributed by atoms with van der Waals surface area (Å²) in [5, 5.41) is 22.8. The molecule has 21 heavy (non-hydrogen) atoms. The fourth-order valence-corrected chi connectivity index (χ4v) is 3.88. The van der Waals surface area contributed by atoms with Gasteiger partial charge in [0.05, 0.1) is 18.3 Å². The highest BCUT2D eigenvalue weighted by Gasteiger charge is 2.57. The van der Waals surface area contributed by atoms with Crippen molar-refractivity contribution in [1.82, 2.24) is 0 Å². The molecule has 2 aliphatic heterocycles. The van der Waals surface area contributed by atoms with Crippen LogP contribution in [0.1, 0.15) is 30.9 Å². The fourth-order valence-electron chi connectivity index (χ4n) is 3.88. The predicted octanol–water partition coefficient (Wildman–Crippen LogP) is 3.33. The highest BCUT2D eigenvalue weighted by molar-refractivity contribution is 5.83. The van der Waals surface area contributed by atoms with Gasteiger partial charge in [-0.3, -0.25) is 0 Å². The summed E-state index contributed by atoms with van der Waals surface area (Å²) in [7, 11) is 0. The van der Waals surface area contributed by atoms with Gasteiger partial charge < -0.3 is 9.84 Å². The Hall–Kier alpha value is -1.89. The number of hydrogen-bond donors (Lipinski definition) is 1. The summed E-state index contributed by atoms with van der Waals surface area (Å²) in [6.45, 7) is 0. The molecule has 106 valence electrons. The maximum atomic E-state index is 10.8. The van der Waals surface area contributed by atoms with Crippen LogP contribution >= 0.6 is 0 Å². The minimum atomic E-state index is -0.789. The summed E-state index contributed by atoms with van der Waals surface area (Å²) in [6.07, 6.45) is 1.75. The topological polar surface area (TPSA) is 53.2 Å². The molecule has 2 saturated heterocycles. The molecule has 2 heterocycles. The molecule has 2 aliphatic rings. The van der Waals surface area contributed by atoms with Crippen molar-refractivity contribution in [2.45, 2.75) is 37.6 Å². The third-order valence-corrected chi connectivity index (χ3v) is 5.03. The summed E-state index contributed by atoms with van der Waals surface area (Å²) >= 11 is 0. The van der Waals surface area contributed by atoms with Crippen molar-refractivity contribution in [3.63, 3.8) is 0 Å². The lowest BCUT2D eigenvalue weighted by atomic mass is 9.69. The number of aliphatic hydroxyl groups is 1. The quantitative estimate of drug-likeness (QED) is 0.917. The summed E-state index contributed by atoms with van der Waals surface area (Å²) < 4.78 is 5.83. The molecule has 0 spiro atoms. The van der Waals surface area contributed by atoms with Gasteiger partial charge in [-0.1, -0.05) is 36.4 Å². The lowest BCUT2D eigenvalue weighted by molar-refractivity contribution is 0.00348. The molecule has 4 unspecified atom stereocenters. The fraction of sp³-hybridized carbons (Fsp3) is 0.389. The van der Waals surface area contributed by atoms with Crippen molar-refractivity contribution < 1.29 is 9.84 Å². The number of nitriles is 1. The molecule has 1 N–H and O–H groups in total.